The normalized spacial score (nSPS) is 22.9. The van der Waals surface area contributed by atoms with E-state index < -0.39 is 10.1 Å². The van der Waals surface area contributed by atoms with Crippen LogP contribution in [0.2, 0.25) is 0 Å². The smallest absolute Gasteiger partial charge is 0.264 e. The average molecular weight is 238 g/mol. The van der Waals surface area contributed by atoms with Gasteiger partial charge in [0.1, 0.15) is 0 Å². The molecule has 0 N–H and O–H groups in total. The van der Waals surface area contributed by atoms with E-state index in [4.69, 9.17) is 9.47 Å². The molecule has 15 heavy (non-hydrogen) atoms. The van der Waals surface area contributed by atoms with E-state index in [0.717, 1.165) is 25.5 Å². The minimum atomic E-state index is -3.29. The van der Waals surface area contributed by atoms with Crippen molar-refractivity contribution in [1.29, 1.82) is 0 Å². The lowest BCUT2D eigenvalue weighted by Crippen LogP contribution is -2.28. The summed E-state index contributed by atoms with van der Waals surface area (Å²) < 4.78 is 36.6. The van der Waals surface area contributed by atoms with Gasteiger partial charge < -0.3 is 9.47 Å². The maximum atomic E-state index is 10.6. The molecule has 6 heteroatoms. The monoisotopic (exact) mass is 238 g/mol. The van der Waals surface area contributed by atoms with Crippen molar-refractivity contribution in [1.82, 2.24) is 0 Å². The zero-order valence-corrected chi connectivity index (χ0v) is 9.79. The van der Waals surface area contributed by atoms with E-state index in [1.165, 1.54) is 0 Å². The summed E-state index contributed by atoms with van der Waals surface area (Å²) in [7, 11) is -3.29. The molecule has 0 saturated carbocycles. The summed E-state index contributed by atoms with van der Waals surface area (Å²) in [5.74, 6) is 0. The molecule has 1 heterocycles. The van der Waals surface area contributed by atoms with Gasteiger partial charge in [0.2, 0.25) is 0 Å². The lowest BCUT2D eigenvalue weighted by Gasteiger charge is -2.22. The third-order valence-electron chi connectivity index (χ3n) is 2.10. The van der Waals surface area contributed by atoms with E-state index >= 15 is 0 Å². The quantitative estimate of drug-likeness (QED) is 0.499. The first-order valence-electron chi connectivity index (χ1n) is 5.12. The Morgan fingerprint density at radius 2 is 2.13 bits per heavy atom. The molecule has 0 spiro atoms. The van der Waals surface area contributed by atoms with E-state index in [9.17, 15) is 8.42 Å². The Hall–Kier alpha value is -0.170. The van der Waals surface area contributed by atoms with Gasteiger partial charge in [0, 0.05) is 0 Å². The van der Waals surface area contributed by atoms with Crippen LogP contribution in [0.1, 0.15) is 19.3 Å². The highest BCUT2D eigenvalue weighted by atomic mass is 32.2. The molecule has 0 aliphatic carbocycles. The molecule has 0 aromatic rings. The Morgan fingerprint density at radius 1 is 1.33 bits per heavy atom. The molecule has 1 unspecified atom stereocenters. The fourth-order valence-electron chi connectivity index (χ4n) is 1.39. The van der Waals surface area contributed by atoms with Gasteiger partial charge in [-0.3, -0.25) is 4.18 Å². The Balaban J connectivity index is 1.96. The minimum absolute atomic E-state index is 0.164. The van der Waals surface area contributed by atoms with Gasteiger partial charge in [-0.1, -0.05) is 0 Å². The van der Waals surface area contributed by atoms with Crippen LogP contribution in [0.15, 0.2) is 0 Å². The summed E-state index contributed by atoms with van der Waals surface area (Å²) in [6, 6.07) is 0. The minimum Gasteiger partial charge on any atom is -0.376 e. The zero-order chi connectivity index (χ0) is 11.1. The molecule has 90 valence electrons. The van der Waals surface area contributed by atoms with Crippen LogP contribution in [0.3, 0.4) is 0 Å². The van der Waals surface area contributed by atoms with Crippen molar-refractivity contribution < 1.29 is 22.1 Å². The van der Waals surface area contributed by atoms with E-state index in [2.05, 4.69) is 4.18 Å². The first-order valence-corrected chi connectivity index (χ1v) is 6.93. The fourth-order valence-corrected chi connectivity index (χ4v) is 1.81. The summed E-state index contributed by atoms with van der Waals surface area (Å²) in [6.45, 7) is 2.23. The SMILES string of the molecule is CS(=O)(=O)OCCCCC1COCCO1. The Kier molecular flexibility index (Phi) is 5.52. The maximum Gasteiger partial charge on any atom is 0.264 e. The molecule has 1 aliphatic rings. The third-order valence-corrected chi connectivity index (χ3v) is 2.70. The second kappa shape index (κ2) is 6.42. The second-order valence-corrected chi connectivity index (χ2v) is 5.23. The Morgan fingerprint density at radius 3 is 2.73 bits per heavy atom. The second-order valence-electron chi connectivity index (χ2n) is 3.59. The van der Waals surface area contributed by atoms with Gasteiger partial charge >= 0.3 is 0 Å². The molecule has 5 nitrogen and oxygen atoms in total. The molecule has 1 rings (SSSR count). The average Bonchev–Trinajstić information content (AvgIpc) is 2.17. The lowest BCUT2D eigenvalue weighted by molar-refractivity contribution is -0.0913. The van der Waals surface area contributed by atoms with E-state index in [0.29, 0.717) is 19.8 Å². The van der Waals surface area contributed by atoms with Gasteiger partial charge in [-0.05, 0) is 19.3 Å². The molecule has 1 aliphatic heterocycles. The number of unbranched alkanes of at least 4 members (excludes halogenated alkanes) is 1. The molecule has 0 amide bonds. The van der Waals surface area contributed by atoms with Crippen LogP contribution in [-0.4, -0.2) is 47.2 Å². The van der Waals surface area contributed by atoms with Crippen LogP contribution in [0.25, 0.3) is 0 Å². The Bertz CT molecular complexity index is 256. The van der Waals surface area contributed by atoms with Crippen LogP contribution in [0, 0.1) is 0 Å². The predicted octanol–water partition coefficient (Wildman–Crippen LogP) is 0.548. The molecule has 1 fully saturated rings. The maximum absolute atomic E-state index is 10.6. The fraction of sp³-hybridized carbons (Fsp3) is 1.00. The van der Waals surface area contributed by atoms with E-state index in [-0.39, 0.29) is 12.7 Å². The molecule has 1 saturated heterocycles. The summed E-state index contributed by atoms with van der Waals surface area (Å²) in [5.41, 5.74) is 0. The topological polar surface area (TPSA) is 61.8 Å². The molecular formula is C9H18O5S. The highest BCUT2D eigenvalue weighted by Gasteiger charge is 2.13. The van der Waals surface area contributed by atoms with Gasteiger partial charge in [0.25, 0.3) is 10.1 Å². The molecule has 0 bridgehead atoms. The summed E-state index contributed by atoms with van der Waals surface area (Å²) >= 11 is 0. The number of rotatable bonds is 6. The highest BCUT2D eigenvalue weighted by molar-refractivity contribution is 7.85. The molecular weight excluding hydrogens is 220 g/mol. The Labute approximate surface area is 90.8 Å². The van der Waals surface area contributed by atoms with E-state index in [1.807, 2.05) is 0 Å². The van der Waals surface area contributed by atoms with Crippen LogP contribution in [0.5, 0.6) is 0 Å². The first kappa shape index (κ1) is 12.9. The van der Waals surface area contributed by atoms with Crippen LogP contribution >= 0.6 is 0 Å². The van der Waals surface area contributed by atoms with E-state index in [1.54, 1.807) is 0 Å². The predicted molar refractivity (Wildman–Crippen MR) is 55.2 cm³/mol. The summed E-state index contributed by atoms with van der Waals surface area (Å²) in [5, 5.41) is 0. The first-order chi connectivity index (χ1) is 7.08. The van der Waals surface area contributed by atoms with Gasteiger partial charge in [-0.15, -0.1) is 0 Å². The lowest BCUT2D eigenvalue weighted by atomic mass is 10.1. The number of ether oxygens (including phenoxy) is 2. The molecule has 0 aromatic heterocycles. The highest BCUT2D eigenvalue weighted by Crippen LogP contribution is 2.09. The van der Waals surface area contributed by atoms with Crippen LogP contribution in [-0.2, 0) is 23.8 Å². The molecule has 0 aromatic carbocycles. The summed E-state index contributed by atoms with van der Waals surface area (Å²) in [4.78, 5) is 0. The molecule has 0 radical (unpaired) electrons. The van der Waals surface area contributed by atoms with Crippen molar-refractivity contribution in [3.05, 3.63) is 0 Å². The third kappa shape index (κ3) is 6.83. The van der Waals surface area contributed by atoms with Gasteiger partial charge in [0.05, 0.1) is 38.8 Å². The van der Waals surface area contributed by atoms with Crippen molar-refractivity contribution in [2.45, 2.75) is 25.4 Å². The number of hydrogen-bond acceptors (Lipinski definition) is 5. The van der Waals surface area contributed by atoms with Crippen molar-refractivity contribution in [3.63, 3.8) is 0 Å². The summed E-state index contributed by atoms with van der Waals surface area (Å²) in [6.07, 6.45) is 3.74. The molecule has 1 atom stereocenters. The zero-order valence-electron chi connectivity index (χ0n) is 8.98. The number of hydrogen-bond donors (Lipinski definition) is 0. The largest absolute Gasteiger partial charge is 0.376 e. The van der Waals surface area contributed by atoms with Gasteiger partial charge in [-0.2, -0.15) is 8.42 Å². The van der Waals surface area contributed by atoms with Crippen molar-refractivity contribution in [2.24, 2.45) is 0 Å². The van der Waals surface area contributed by atoms with Crippen molar-refractivity contribution in [2.75, 3.05) is 32.7 Å². The van der Waals surface area contributed by atoms with Crippen molar-refractivity contribution >= 4 is 10.1 Å². The van der Waals surface area contributed by atoms with Crippen LogP contribution in [0.4, 0.5) is 0 Å². The van der Waals surface area contributed by atoms with Gasteiger partial charge in [0.15, 0.2) is 0 Å². The standard InChI is InChI=1S/C9H18O5S/c1-15(10,11)14-5-3-2-4-9-8-12-6-7-13-9/h9H,2-8H2,1H3. The van der Waals surface area contributed by atoms with Crippen LogP contribution < -0.4 is 0 Å². The van der Waals surface area contributed by atoms with Gasteiger partial charge in [-0.25, -0.2) is 0 Å². The van der Waals surface area contributed by atoms with Crippen molar-refractivity contribution in [3.8, 4) is 0 Å².